The van der Waals surface area contributed by atoms with Gasteiger partial charge in [0.25, 0.3) is 5.91 Å². The van der Waals surface area contributed by atoms with E-state index in [0.29, 0.717) is 31.9 Å². The zero-order valence-electron chi connectivity index (χ0n) is 17.6. The number of rotatable bonds is 3. The van der Waals surface area contributed by atoms with Crippen LogP contribution in [-0.2, 0) is 0 Å². The standard InChI is InChI=1S/C23H25N5O3/c1-16-14-17(2)28(25-16)19-7-5-6-18(15-19)24-23(31)27-12-10-26(11-13-27)22(30)20-8-3-4-9-21(20)29/h3-9,14-15,29H,10-13H2,1-2H3,(H,24,31). The molecule has 1 aliphatic heterocycles. The van der Waals surface area contributed by atoms with E-state index in [9.17, 15) is 14.7 Å². The quantitative estimate of drug-likeness (QED) is 0.682. The van der Waals surface area contributed by atoms with Crippen molar-refractivity contribution >= 4 is 17.6 Å². The molecule has 8 nitrogen and oxygen atoms in total. The molecule has 0 bridgehead atoms. The number of carbonyl (C=O) groups is 2. The highest BCUT2D eigenvalue weighted by molar-refractivity contribution is 5.97. The van der Waals surface area contributed by atoms with Crippen LogP contribution in [0.4, 0.5) is 10.5 Å². The Kier molecular flexibility index (Phi) is 5.62. The Morgan fingerprint density at radius 2 is 1.65 bits per heavy atom. The number of hydrogen-bond donors (Lipinski definition) is 2. The van der Waals surface area contributed by atoms with Crippen molar-refractivity contribution in [2.75, 3.05) is 31.5 Å². The van der Waals surface area contributed by atoms with E-state index in [1.807, 2.05) is 48.9 Å². The second kappa shape index (κ2) is 8.51. The average Bonchev–Trinajstić information content (AvgIpc) is 3.12. The molecule has 0 aliphatic carbocycles. The fraction of sp³-hybridized carbons (Fsp3) is 0.261. The molecule has 2 heterocycles. The van der Waals surface area contributed by atoms with Gasteiger partial charge in [-0.3, -0.25) is 4.79 Å². The minimum Gasteiger partial charge on any atom is -0.507 e. The summed E-state index contributed by atoms with van der Waals surface area (Å²) in [5.74, 6) is -0.258. The summed E-state index contributed by atoms with van der Waals surface area (Å²) in [7, 11) is 0. The largest absolute Gasteiger partial charge is 0.507 e. The lowest BCUT2D eigenvalue weighted by Crippen LogP contribution is -2.51. The van der Waals surface area contributed by atoms with Crippen molar-refractivity contribution in [2.45, 2.75) is 13.8 Å². The zero-order chi connectivity index (χ0) is 22.0. The van der Waals surface area contributed by atoms with Crippen molar-refractivity contribution in [3.8, 4) is 11.4 Å². The summed E-state index contributed by atoms with van der Waals surface area (Å²) >= 11 is 0. The van der Waals surface area contributed by atoms with Gasteiger partial charge in [-0.15, -0.1) is 0 Å². The molecule has 1 saturated heterocycles. The second-order valence-electron chi connectivity index (χ2n) is 7.62. The van der Waals surface area contributed by atoms with Crippen molar-refractivity contribution in [1.29, 1.82) is 0 Å². The molecule has 2 aromatic carbocycles. The molecule has 0 spiro atoms. The molecule has 8 heteroatoms. The Labute approximate surface area is 180 Å². The highest BCUT2D eigenvalue weighted by atomic mass is 16.3. The lowest BCUT2D eigenvalue weighted by atomic mass is 10.1. The summed E-state index contributed by atoms with van der Waals surface area (Å²) in [5, 5.41) is 17.3. The average molecular weight is 419 g/mol. The van der Waals surface area contributed by atoms with E-state index in [2.05, 4.69) is 10.4 Å². The molecule has 3 amide bonds. The van der Waals surface area contributed by atoms with Gasteiger partial charge in [0.2, 0.25) is 0 Å². The summed E-state index contributed by atoms with van der Waals surface area (Å²) in [6.07, 6.45) is 0. The van der Waals surface area contributed by atoms with E-state index >= 15 is 0 Å². The number of aromatic nitrogens is 2. The molecule has 3 aromatic rings. The predicted octanol–water partition coefficient (Wildman–Crippen LogP) is 3.18. The number of urea groups is 1. The number of aryl methyl sites for hydroxylation is 2. The van der Waals surface area contributed by atoms with Gasteiger partial charge in [-0.1, -0.05) is 18.2 Å². The number of amides is 3. The Morgan fingerprint density at radius 1 is 0.935 bits per heavy atom. The van der Waals surface area contributed by atoms with E-state index < -0.39 is 0 Å². The minimum absolute atomic E-state index is 0.0323. The Bertz CT molecular complexity index is 1120. The smallest absolute Gasteiger partial charge is 0.321 e. The third-order valence-corrected chi connectivity index (χ3v) is 5.34. The number of aromatic hydroxyl groups is 1. The number of nitrogens with zero attached hydrogens (tertiary/aromatic N) is 4. The predicted molar refractivity (Wildman–Crippen MR) is 118 cm³/mol. The topological polar surface area (TPSA) is 90.7 Å². The van der Waals surface area contributed by atoms with Crippen molar-refractivity contribution in [2.24, 2.45) is 0 Å². The van der Waals surface area contributed by atoms with Crippen LogP contribution in [0.25, 0.3) is 5.69 Å². The van der Waals surface area contributed by atoms with Crippen molar-refractivity contribution in [3.05, 3.63) is 71.5 Å². The molecule has 1 aliphatic rings. The fourth-order valence-corrected chi connectivity index (χ4v) is 3.75. The number of nitrogens with one attached hydrogen (secondary N) is 1. The number of anilines is 1. The number of phenols is 1. The lowest BCUT2D eigenvalue weighted by molar-refractivity contribution is 0.0668. The SMILES string of the molecule is Cc1cc(C)n(-c2cccc(NC(=O)N3CCN(C(=O)c4ccccc4O)CC3)c2)n1. The van der Waals surface area contributed by atoms with Crippen LogP contribution >= 0.6 is 0 Å². The summed E-state index contributed by atoms with van der Waals surface area (Å²) in [6, 6.07) is 15.8. The first kappa shape index (κ1) is 20.5. The Balaban J connectivity index is 1.38. The maximum absolute atomic E-state index is 12.7. The van der Waals surface area contributed by atoms with Crippen LogP contribution in [-0.4, -0.2) is 62.8 Å². The maximum Gasteiger partial charge on any atom is 0.321 e. The van der Waals surface area contributed by atoms with Gasteiger partial charge in [0.15, 0.2) is 0 Å². The van der Waals surface area contributed by atoms with E-state index in [0.717, 1.165) is 17.1 Å². The van der Waals surface area contributed by atoms with E-state index in [-0.39, 0.29) is 23.3 Å². The number of phenolic OH excluding ortho intramolecular Hbond substituents is 1. The van der Waals surface area contributed by atoms with E-state index in [1.165, 1.54) is 6.07 Å². The van der Waals surface area contributed by atoms with E-state index in [1.54, 1.807) is 28.0 Å². The number of para-hydroxylation sites is 1. The van der Waals surface area contributed by atoms with Crippen molar-refractivity contribution in [1.82, 2.24) is 19.6 Å². The molecule has 0 radical (unpaired) electrons. The normalized spacial score (nSPS) is 13.9. The molecular formula is C23H25N5O3. The van der Waals surface area contributed by atoms with Gasteiger partial charge in [-0.05, 0) is 50.2 Å². The van der Waals surface area contributed by atoms with Crippen LogP contribution < -0.4 is 5.32 Å². The van der Waals surface area contributed by atoms with Gasteiger partial charge in [-0.25, -0.2) is 9.48 Å². The lowest BCUT2D eigenvalue weighted by Gasteiger charge is -2.34. The Morgan fingerprint density at radius 3 is 2.32 bits per heavy atom. The molecule has 1 fully saturated rings. The molecule has 0 atom stereocenters. The summed E-state index contributed by atoms with van der Waals surface area (Å²) in [6.45, 7) is 5.59. The molecule has 1 aromatic heterocycles. The second-order valence-corrected chi connectivity index (χ2v) is 7.62. The maximum atomic E-state index is 12.7. The molecule has 31 heavy (non-hydrogen) atoms. The van der Waals surface area contributed by atoms with Crippen LogP contribution in [0.15, 0.2) is 54.6 Å². The van der Waals surface area contributed by atoms with E-state index in [4.69, 9.17) is 0 Å². The van der Waals surface area contributed by atoms with Gasteiger partial charge >= 0.3 is 6.03 Å². The molecule has 2 N–H and O–H groups in total. The number of piperazine rings is 1. The molecule has 4 rings (SSSR count). The summed E-state index contributed by atoms with van der Waals surface area (Å²) < 4.78 is 1.84. The monoisotopic (exact) mass is 419 g/mol. The highest BCUT2D eigenvalue weighted by Crippen LogP contribution is 2.20. The third-order valence-electron chi connectivity index (χ3n) is 5.34. The fourth-order valence-electron chi connectivity index (χ4n) is 3.75. The first-order valence-electron chi connectivity index (χ1n) is 10.2. The number of hydrogen-bond acceptors (Lipinski definition) is 4. The number of carbonyl (C=O) groups excluding carboxylic acids is 2. The van der Waals surface area contributed by atoms with Gasteiger partial charge in [0, 0.05) is 37.6 Å². The van der Waals surface area contributed by atoms with Crippen LogP contribution in [0.3, 0.4) is 0 Å². The first-order chi connectivity index (χ1) is 14.9. The van der Waals surface area contributed by atoms with Crippen LogP contribution in [0, 0.1) is 13.8 Å². The molecule has 0 saturated carbocycles. The third kappa shape index (κ3) is 4.37. The van der Waals surface area contributed by atoms with Crippen LogP contribution in [0.2, 0.25) is 0 Å². The zero-order valence-corrected chi connectivity index (χ0v) is 17.6. The minimum atomic E-state index is -0.226. The molecule has 160 valence electrons. The van der Waals surface area contributed by atoms with Gasteiger partial charge in [0.05, 0.1) is 16.9 Å². The Hall–Kier alpha value is -3.81. The van der Waals surface area contributed by atoms with Crippen LogP contribution in [0.1, 0.15) is 21.7 Å². The van der Waals surface area contributed by atoms with Gasteiger partial charge < -0.3 is 20.2 Å². The summed E-state index contributed by atoms with van der Waals surface area (Å²) in [5.41, 5.74) is 3.79. The van der Waals surface area contributed by atoms with Gasteiger partial charge in [-0.2, -0.15) is 5.10 Å². The van der Waals surface area contributed by atoms with Crippen molar-refractivity contribution < 1.29 is 14.7 Å². The number of benzene rings is 2. The summed E-state index contributed by atoms with van der Waals surface area (Å²) in [4.78, 5) is 28.7. The van der Waals surface area contributed by atoms with Crippen LogP contribution in [0.5, 0.6) is 5.75 Å². The molecule has 0 unspecified atom stereocenters. The van der Waals surface area contributed by atoms with Gasteiger partial charge in [0.1, 0.15) is 5.75 Å². The van der Waals surface area contributed by atoms with Crippen molar-refractivity contribution in [3.63, 3.8) is 0 Å². The highest BCUT2D eigenvalue weighted by Gasteiger charge is 2.26. The first-order valence-corrected chi connectivity index (χ1v) is 10.2. The molecular weight excluding hydrogens is 394 g/mol.